The van der Waals surface area contributed by atoms with E-state index in [0.717, 1.165) is 11.0 Å². The van der Waals surface area contributed by atoms with Crippen LogP contribution in [0.25, 0.3) is 22.4 Å². The summed E-state index contributed by atoms with van der Waals surface area (Å²) in [6.07, 6.45) is 3.55. The second-order valence-electron chi connectivity index (χ2n) is 7.33. The van der Waals surface area contributed by atoms with Gasteiger partial charge in [0, 0.05) is 39.0 Å². The molecule has 0 radical (unpaired) electrons. The van der Waals surface area contributed by atoms with Crippen LogP contribution >= 0.6 is 23.4 Å². The number of nitrogens with two attached hydrogens (primary N) is 1. The van der Waals surface area contributed by atoms with Crippen molar-refractivity contribution in [2.45, 2.75) is 4.90 Å². The number of nitrogens with zero attached hydrogens (tertiary/aromatic N) is 1. The lowest BCUT2D eigenvalue weighted by Gasteiger charge is -2.14. The molecule has 0 fully saturated rings. The molecule has 1 aromatic heterocycles. The number of amides is 2. The first kappa shape index (κ1) is 23.5. The van der Waals surface area contributed by atoms with Gasteiger partial charge in [-0.3, -0.25) is 14.6 Å². The van der Waals surface area contributed by atoms with E-state index in [0.29, 0.717) is 27.5 Å². The molecular weight excluding hydrogens is 473 g/mol. The lowest BCUT2D eigenvalue weighted by atomic mass is 9.97. The van der Waals surface area contributed by atoms with Gasteiger partial charge in [-0.15, -0.1) is 11.8 Å². The van der Waals surface area contributed by atoms with Crippen LogP contribution in [0.5, 0.6) is 0 Å². The van der Waals surface area contributed by atoms with Crippen molar-refractivity contribution in [3.63, 3.8) is 0 Å². The third kappa shape index (κ3) is 4.95. The van der Waals surface area contributed by atoms with Crippen LogP contribution < -0.4 is 11.1 Å². The number of thioether (sulfide) groups is 1. The molecule has 2 amide bonds. The van der Waals surface area contributed by atoms with E-state index >= 15 is 0 Å². The Bertz CT molecular complexity index is 1400. The van der Waals surface area contributed by atoms with Crippen LogP contribution in [0.1, 0.15) is 20.7 Å². The summed E-state index contributed by atoms with van der Waals surface area (Å²) in [6, 6.07) is 19.7. The van der Waals surface area contributed by atoms with Crippen LogP contribution in [-0.4, -0.2) is 23.1 Å². The largest absolute Gasteiger partial charge is 0.366 e. The standard InChI is InChI=1S/C26H19ClFN3O2S/c1-34-17-7-9-19(20(14-17)18-8-5-15(25(29)32)12-23(18)28)26(33)31-16-6-10-22(27)21(13-16)24-4-2-3-11-30-24/h2-14H,1H3,(H2,29,32)(H,31,33). The molecular formula is C26H19ClFN3O2S. The van der Waals surface area contributed by atoms with E-state index in [4.69, 9.17) is 17.3 Å². The summed E-state index contributed by atoms with van der Waals surface area (Å²) in [4.78, 5) is 29.8. The lowest BCUT2D eigenvalue weighted by Crippen LogP contribution is -2.14. The van der Waals surface area contributed by atoms with Crippen molar-refractivity contribution >= 4 is 40.9 Å². The van der Waals surface area contributed by atoms with Crippen LogP contribution in [0, 0.1) is 5.82 Å². The van der Waals surface area contributed by atoms with Gasteiger partial charge in [0.25, 0.3) is 5.91 Å². The summed E-state index contributed by atoms with van der Waals surface area (Å²) in [5, 5.41) is 3.36. The number of primary amides is 1. The Morgan fingerprint density at radius 2 is 1.79 bits per heavy atom. The van der Waals surface area contributed by atoms with E-state index in [1.165, 1.54) is 23.9 Å². The molecule has 0 saturated carbocycles. The number of pyridine rings is 1. The van der Waals surface area contributed by atoms with Crippen LogP contribution in [-0.2, 0) is 0 Å². The van der Waals surface area contributed by atoms with E-state index in [1.54, 1.807) is 48.7 Å². The predicted molar refractivity (Wildman–Crippen MR) is 135 cm³/mol. The molecule has 0 bridgehead atoms. The zero-order chi connectivity index (χ0) is 24.2. The maximum absolute atomic E-state index is 14.9. The van der Waals surface area contributed by atoms with Crippen molar-refractivity contribution in [3.05, 3.63) is 101 Å². The molecule has 0 aliphatic rings. The molecule has 0 aliphatic heterocycles. The van der Waals surface area contributed by atoms with Gasteiger partial charge in [0.2, 0.25) is 5.91 Å². The number of benzene rings is 3. The van der Waals surface area contributed by atoms with Gasteiger partial charge < -0.3 is 11.1 Å². The van der Waals surface area contributed by atoms with Crippen molar-refractivity contribution in [2.75, 3.05) is 11.6 Å². The van der Waals surface area contributed by atoms with Gasteiger partial charge in [0.15, 0.2) is 0 Å². The van der Waals surface area contributed by atoms with Gasteiger partial charge in [0.05, 0.1) is 10.7 Å². The SMILES string of the molecule is CSc1ccc(C(=O)Nc2ccc(Cl)c(-c3ccccn3)c2)c(-c2ccc(C(N)=O)cc2F)c1. The predicted octanol–water partition coefficient (Wildman–Crippen LogP) is 6.28. The maximum atomic E-state index is 14.9. The zero-order valence-electron chi connectivity index (χ0n) is 18.0. The van der Waals surface area contributed by atoms with Crippen LogP contribution in [0.3, 0.4) is 0 Å². The van der Waals surface area contributed by atoms with Gasteiger partial charge in [-0.05, 0) is 72.5 Å². The number of hydrogen-bond donors (Lipinski definition) is 2. The van der Waals surface area contributed by atoms with Gasteiger partial charge in [-0.25, -0.2) is 4.39 Å². The molecule has 4 aromatic rings. The molecule has 0 unspecified atom stereocenters. The molecule has 0 atom stereocenters. The van der Waals surface area contributed by atoms with Crippen LogP contribution in [0.4, 0.5) is 10.1 Å². The fraction of sp³-hybridized carbons (Fsp3) is 0.0385. The van der Waals surface area contributed by atoms with Crippen molar-refractivity contribution in [2.24, 2.45) is 5.73 Å². The normalized spacial score (nSPS) is 10.7. The molecule has 0 aliphatic carbocycles. The Balaban J connectivity index is 1.72. The molecule has 170 valence electrons. The summed E-state index contributed by atoms with van der Waals surface area (Å²) in [7, 11) is 0. The van der Waals surface area contributed by atoms with Gasteiger partial charge in [-0.1, -0.05) is 23.7 Å². The minimum Gasteiger partial charge on any atom is -0.366 e. The molecule has 3 aromatic carbocycles. The fourth-order valence-corrected chi connectivity index (χ4v) is 4.13. The Hall–Kier alpha value is -3.68. The summed E-state index contributed by atoms with van der Waals surface area (Å²) in [5.41, 5.74) is 8.04. The molecule has 34 heavy (non-hydrogen) atoms. The van der Waals surface area contributed by atoms with Crippen LogP contribution in [0.15, 0.2) is 83.9 Å². The molecule has 8 heteroatoms. The minimum absolute atomic E-state index is 0.0523. The monoisotopic (exact) mass is 491 g/mol. The van der Waals surface area contributed by atoms with E-state index in [1.807, 2.05) is 18.4 Å². The first-order chi connectivity index (χ1) is 16.4. The Morgan fingerprint density at radius 1 is 0.971 bits per heavy atom. The van der Waals surface area contributed by atoms with E-state index in [2.05, 4.69) is 10.3 Å². The number of nitrogens with one attached hydrogen (secondary N) is 1. The number of anilines is 1. The average molecular weight is 492 g/mol. The lowest BCUT2D eigenvalue weighted by molar-refractivity contribution is 0.0997. The minimum atomic E-state index is -0.729. The molecule has 1 heterocycles. The molecule has 4 rings (SSSR count). The number of carbonyl (C=O) groups excluding carboxylic acids is 2. The number of halogens is 2. The average Bonchev–Trinajstić information content (AvgIpc) is 2.85. The van der Waals surface area contributed by atoms with E-state index in [-0.39, 0.29) is 16.7 Å². The van der Waals surface area contributed by atoms with Crippen LogP contribution in [0.2, 0.25) is 5.02 Å². The first-order valence-electron chi connectivity index (χ1n) is 10.2. The summed E-state index contributed by atoms with van der Waals surface area (Å²) < 4.78 is 14.9. The topological polar surface area (TPSA) is 85.1 Å². The summed E-state index contributed by atoms with van der Waals surface area (Å²) in [5.74, 6) is -1.80. The Morgan fingerprint density at radius 3 is 2.47 bits per heavy atom. The smallest absolute Gasteiger partial charge is 0.256 e. The number of carbonyl (C=O) groups is 2. The zero-order valence-corrected chi connectivity index (χ0v) is 19.6. The number of aromatic nitrogens is 1. The molecule has 0 spiro atoms. The number of hydrogen-bond acceptors (Lipinski definition) is 4. The van der Waals surface area contributed by atoms with Crippen molar-refractivity contribution in [1.29, 1.82) is 0 Å². The highest BCUT2D eigenvalue weighted by Crippen LogP contribution is 2.33. The maximum Gasteiger partial charge on any atom is 0.256 e. The third-order valence-electron chi connectivity index (χ3n) is 5.18. The van der Waals surface area contributed by atoms with Gasteiger partial charge in [-0.2, -0.15) is 0 Å². The van der Waals surface area contributed by atoms with Crippen molar-refractivity contribution in [1.82, 2.24) is 4.98 Å². The van der Waals surface area contributed by atoms with Crippen molar-refractivity contribution in [3.8, 4) is 22.4 Å². The second-order valence-corrected chi connectivity index (χ2v) is 8.62. The Labute approximate surface area is 205 Å². The van der Waals surface area contributed by atoms with Gasteiger partial charge >= 0.3 is 0 Å². The first-order valence-corrected chi connectivity index (χ1v) is 11.8. The van der Waals surface area contributed by atoms with E-state index < -0.39 is 17.6 Å². The van der Waals surface area contributed by atoms with Gasteiger partial charge in [0.1, 0.15) is 5.82 Å². The third-order valence-corrected chi connectivity index (χ3v) is 6.24. The summed E-state index contributed by atoms with van der Waals surface area (Å²) >= 11 is 7.81. The Kier molecular flexibility index (Phi) is 6.95. The molecule has 0 saturated heterocycles. The molecule has 5 nitrogen and oxygen atoms in total. The highest BCUT2D eigenvalue weighted by atomic mass is 35.5. The van der Waals surface area contributed by atoms with Crippen molar-refractivity contribution < 1.29 is 14.0 Å². The van der Waals surface area contributed by atoms with E-state index in [9.17, 15) is 14.0 Å². The quantitative estimate of drug-likeness (QED) is 0.311. The highest BCUT2D eigenvalue weighted by Gasteiger charge is 2.18. The summed E-state index contributed by atoms with van der Waals surface area (Å²) in [6.45, 7) is 0. The highest BCUT2D eigenvalue weighted by molar-refractivity contribution is 7.98. The second kappa shape index (κ2) is 10.1. The number of rotatable bonds is 6. The molecule has 3 N–H and O–H groups in total. The fourth-order valence-electron chi connectivity index (χ4n) is 3.48.